The van der Waals surface area contributed by atoms with E-state index in [9.17, 15) is 17.6 Å². The molecule has 7 heteroatoms. The van der Waals surface area contributed by atoms with Gasteiger partial charge in [-0.15, -0.1) is 6.42 Å². The molecule has 24 heavy (non-hydrogen) atoms. The van der Waals surface area contributed by atoms with E-state index < -0.39 is 21.7 Å². The number of amides is 1. The van der Waals surface area contributed by atoms with E-state index >= 15 is 0 Å². The van der Waals surface area contributed by atoms with Gasteiger partial charge in [0, 0.05) is 5.56 Å². The molecule has 0 spiro atoms. The summed E-state index contributed by atoms with van der Waals surface area (Å²) in [5.41, 5.74) is 0.604. The lowest BCUT2D eigenvalue weighted by molar-refractivity contribution is 0.0958. The molecular formula is C17H15FN2O3S. The molecule has 5 nitrogen and oxygen atoms in total. The van der Waals surface area contributed by atoms with Crippen LogP contribution in [-0.4, -0.2) is 20.9 Å². The van der Waals surface area contributed by atoms with Crippen LogP contribution in [0.1, 0.15) is 15.9 Å². The minimum Gasteiger partial charge on any atom is -0.341 e. The molecule has 2 aromatic rings. The molecule has 0 bridgehead atoms. The summed E-state index contributed by atoms with van der Waals surface area (Å²) in [5.74, 6) is 1.09. The summed E-state index contributed by atoms with van der Waals surface area (Å²) in [6, 6.07) is 9.48. The molecule has 0 aliphatic heterocycles. The number of carbonyl (C=O) groups excluding carboxylic acids is 1. The first-order chi connectivity index (χ1) is 11.3. The zero-order valence-corrected chi connectivity index (χ0v) is 13.7. The molecule has 0 saturated heterocycles. The number of halogens is 1. The average Bonchev–Trinajstić information content (AvgIpc) is 2.54. The van der Waals surface area contributed by atoms with Gasteiger partial charge in [-0.05, 0) is 36.8 Å². The molecule has 1 amide bonds. The van der Waals surface area contributed by atoms with Gasteiger partial charge in [-0.3, -0.25) is 9.52 Å². The number of terminal acetylenes is 1. The molecular weight excluding hydrogens is 331 g/mol. The van der Waals surface area contributed by atoms with Crippen molar-refractivity contribution in [2.75, 3.05) is 11.3 Å². The Morgan fingerprint density at radius 1 is 1.25 bits per heavy atom. The fourth-order valence-corrected chi connectivity index (χ4v) is 3.08. The van der Waals surface area contributed by atoms with Crippen LogP contribution in [0.2, 0.25) is 0 Å². The maximum absolute atomic E-state index is 13.6. The van der Waals surface area contributed by atoms with Gasteiger partial charge in [-0.2, -0.15) is 0 Å². The molecule has 2 rings (SSSR count). The highest BCUT2D eigenvalue weighted by atomic mass is 32.2. The number of carbonyl (C=O) groups is 1. The second-order valence-electron chi connectivity index (χ2n) is 4.95. The number of para-hydroxylation sites is 1. The fraction of sp³-hybridized carbons (Fsp3) is 0.118. The maximum Gasteiger partial charge on any atom is 0.262 e. The quantitative estimate of drug-likeness (QED) is 0.816. The highest BCUT2D eigenvalue weighted by molar-refractivity contribution is 7.92. The zero-order valence-electron chi connectivity index (χ0n) is 12.8. The lowest BCUT2D eigenvalue weighted by Crippen LogP contribution is -2.25. The number of hydrogen-bond donors (Lipinski definition) is 2. The van der Waals surface area contributed by atoms with Crippen LogP contribution in [0.3, 0.4) is 0 Å². The Labute approximate surface area is 139 Å². The lowest BCUT2D eigenvalue weighted by atomic mass is 10.1. The van der Waals surface area contributed by atoms with Crippen LogP contribution < -0.4 is 10.0 Å². The number of rotatable bonds is 5. The second-order valence-corrected chi connectivity index (χ2v) is 6.63. The lowest BCUT2D eigenvalue weighted by Gasteiger charge is -2.11. The molecule has 0 atom stereocenters. The normalized spacial score (nSPS) is 10.7. The van der Waals surface area contributed by atoms with Crippen LogP contribution in [-0.2, 0) is 10.0 Å². The van der Waals surface area contributed by atoms with Gasteiger partial charge >= 0.3 is 0 Å². The average molecular weight is 346 g/mol. The van der Waals surface area contributed by atoms with E-state index in [1.165, 1.54) is 36.4 Å². The van der Waals surface area contributed by atoms with Crippen LogP contribution >= 0.6 is 0 Å². The van der Waals surface area contributed by atoms with Crippen molar-refractivity contribution in [2.24, 2.45) is 0 Å². The van der Waals surface area contributed by atoms with E-state index in [0.717, 1.165) is 6.07 Å². The summed E-state index contributed by atoms with van der Waals surface area (Å²) in [6.07, 6.45) is 5.09. The second kappa shape index (κ2) is 7.15. The van der Waals surface area contributed by atoms with Crippen molar-refractivity contribution in [2.45, 2.75) is 11.8 Å². The molecule has 0 heterocycles. The van der Waals surface area contributed by atoms with E-state index in [4.69, 9.17) is 6.42 Å². The molecule has 0 aliphatic carbocycles. The summed E-state index contributed by atoms with van der Waals surface area (Å²) in [5, 5.41) is 2.48. The van der Waals surface area contributed by atoms with E-state index in [0.29, 0.717) is 5.56 Å². The summed E-state index contributed by atoms with van der Waals surface area (Å²) in [7, 11) is -4.04. The van der Waals surface area contributed by atoms with Gasteiger partial charge in [0.1, 0.15) is 5.82 Å². The van der Waals surface area contributed by atoms with Gasteiger partial charge in [0.05, 0.1) is 17.1 Å². The van der Waals surface area contributed by atoms with E-state index in [-0.39, 0.29) is 22.7 Å². The molecule has 2 aromatic carbocycles. The van der Waals surface area contributed by atoms with Gasteiger partial charge < -0.3 is 5.32 Å². The Balaban J connectivity index is 2.36. The highest BCUT2D eigenvalue weighted by Gasteiger charge is 2.19. The molecule has 124 valence electrons. The van der Waals surface area contributed by atoms with Crippen LogP contribution in [0.25, 0.3) is 0 Å². The van der Waals surface area contributed by atoms with Crippen molar-refractivity contribution in [1.29, 1.82) is 0 Å². The smallest absolute Gasteiger partial charge is 0.262 e. The number of anilines is 1. The predicted octanol–water partition coefficient (Wildman–Crippen LogP) is 2.30. The maximum atomic E-state index is 13.6. The molecule has 0 radical (unpaired) electrons. The summed E-state index contributed by atoms with van der Waals surface area (Å²) < 4.78 is 40.6. The standard InChI is InChI=1S/C17H15FN2O3S/c1-3-10-19-17(21)14-11-13(9-8-12(14)2)24(22,23)20-16-7-5-4-6-15(16)18/h1,4-9,11,20H,10H2,2H3,(H,19,21). The third-order valence-electron chi connectivity index (χ3n) is 3.23. The molecule has 0 fully saturated rings. The minimum atomic E-state index is -4.04. The Morgan fingerprint density at radius 2 is 1.96 bits per heavy atom. The number of nitrogens with one attached hydrogen (secondary N) is 2. The molecule has 0 aliphatic rings. The van der Waals surface area contributed by atoms with E-state index in [1.54, 1.807) is 6.92 Å². The van der Waals surface area contributed by atoms with Crippen LogP contribution in [0, 0.1) is 25.1 Å². The summed E-state index contributed by atoms with van der Waals surface area (Å²) in [4.78, 5) is 11.9. The van der Waals surface area contributed by atoms with E-state index in [1.807, 2.05) is 0 Å². The topological polar surface area (TPSA) is 75.3 Å². The number of benzene rings is 2. The predicted molar refractivity (Wildman–Crippen MR) is 89.6 cm³/mol. The third kappa shape index (κ3) is 3.91. The number of sulfonamides is 1. The van der Waals surface area contributed by atoms with Gasteiger partial charge in [0.15, 0.2) is 0 Å². The fourth-order valence-electron chi connectivity index (χ4n) is 1.99. The van der Waals surface area contributed by atoms with Crippen LogP contribution in [0.15, 0.2) is 47.4 Å². The molecule has 0 unspecified atom stereocenters. The van der Waals surface area contributed by atoms with Crippen molar-refractivity contribution in [3.8, 4) is 12.3 Å². The Kier molecular flexibility index (Phi) is 5.21. The molecule has 0 aromatic heterocycles. The van der Waals surface area contributed by atoms with Crippen molar-refractivity contribution >= 4 is 21.6 Å². The van der Waals surface area contributed by atoms with Crippen molar-refractivity contribution in [3.63, 3.8) is 0 Å². The summed E-state index contributed by atoms with van der Waals surface area (Å²) in [6.45, 7) is 1.70. The Hall–Kier alpha value is -2.85. The molecule has 2 N–H and O–H groups in total. The monoisotopic (exact) mass is 346 g/mol. The third-order valence-corrected chi connectivity index (χ3v) is 4.60. The SMILES string of the molecule is C#CCNC(=O)c1cc(S(=O)(=O)Nc2ccccc2F)ccc1C. The van der Waals surface area contributed by atoms with Crippen molar-refractivity contribution < 1.29 is 17.6 Å². The van der Waals surface area contributed by atoms with Crippen LogP contribution in [0.5, 0.6) is 0 Å². The van der Waals surface area contributed by atoms with Gasteiger partial charge in [0.25, 0.3) is 15.9 Å². The van der Waals surface area contributed by atoms with Crippen molar-refractivity contribution in [3.05, 3.63) is 59.4 Å². The Morgan fingerprint density at radius 3 is 2.62 bits per heavy atom. The number of hydrogen-bond acceptors (Lipinski definition) is 3. The molecule has 0 saturated carbocycles. The first-order valence-electron chi connectivity index (χ1n) is 6.95. The van der Waals surface area contributed by atoms with Gasteiger partial charge in [-0.25, -0.2) is 12.8 Å². The zero-order chi connectivity index (χ0) is 17.7. The highest BCUT2D eigenvalue weighted by Crippen LogP contribution is 2.21. The first kappa shape index (κ1) is 17.5. The van der Waals surface area contributed by atoms with Crippen molar-refractivity contribution in [1.82, 2.24) is 5.32 Å². The van der Waals surface area contributed by atoms with Crippen LogP contribution in [0.4, 0.5) is 10.1 Å². The largest absolute Gasteiger partial charge is 0.341 e. The summed E-state index contributed by atoms with van der Waals surface area (Å²) >= 11 is 0. The van der Waals surface area contributed by atoms with E-state index in [2.05, 4.69) is 16.0 Å². The van der Waals surface area contributed by atoms with Gasteiger partial charge in [0.2, 0.25) is 0 Å². The van der Waals surface area contributed by atoms with Gasteiger partial charge in [-0.1, -0.05) is 24.1 Å². The Bertz CT molecular complexity index is 918. The minimum absolute atomic E-state index is 0.0305. The first-order valence-corrected chi connectivity index (χ1v) is 8.43. The number of aryl methyl sites for hydroxylation is 1.